The normalized spacial score (nSPS) is 19.6. The molecule has 1 saturated heterocycles. The molecule has 1 fully saturated rings. The second-order valence-electron chi connectivity index (χ2n) is 5.60. The van der Waals surface area contributed by atoms with Gasteiger partial charge in [0, 0.05) is 41.8 Å². The largest absolute Gasteiger partial charge is 0.370 e. The van der Waals surface area contributed by atoms with Gasteiger partial charge in [-0.15, -0.1) is 11.8 Å². The fourth-order valence-electron chi connectivity index (χ4n) is 2.94. The molecule has 1 aliphatic heterocycles. The monoisotopic (exact) mass is 293 g/mol. The summed E-state index contributed by atoms with van der Waals surface area (Å²) in [5, 5.41) is 0. The van der Waals surface area contributed by atoms with Gasteiger partial charge in [0.15, 0.2) is 0 Å². The van der Waals surface area contributed by atoms with Crippen molar-refractivity contribution in [3.05, 3.63) is 23.8 Å². The second kappa shape index (κ2) is 7.34. The van der Waals surface area contributed by atoms with Crippen LogP contribution in [0.15, 0.2) is 23.1 Å². The Balaban J connectivity index is 2.25. The summed E-state index contributed by atoms with van der Waals surface area (Å²) in [7, 11) is 4.36. The highest BCUT2D eigenvalue weighted by Gasteiger charge is 2.23. The van der Waals surface area contributed by atoms with Gasteiger partial charge in [0.05, 0.1) is 0 Å². The van der Waals surface area contributed by atoms with Crippen LogP contribution in [-0.4, -0.2) is 43.9 Å². The molecule has 1 aliphatic rings. The molecule has 0 aromatic heterocycles. The lowest BCUT2D eigenvalue weighted by Crippen LogP contribution is -2.45. The number of likely N-dealkylation sites (N-methyl/N-ethyl adjacent to an activating group) is 1. The number of nitrogens with two attached hydrogens (primary N) is 1. The van der Waals surface area contributed by atoms with Crippen LogP contribution in [0, 0.1) is 0 Å². The lowest BCUT2D eigenvalue weighted by molar-refractivity contribution is 0.258. The van der Waals surface area contributed by atoms with Crippen molar-refractivity contribution < 1.29 is 0 Å². The zero-order chi connectivity index (χ0) is 14.5. The highest BCUT2D eigenvalue weighted by Crippen LogP contribution is 2.32. The minimum Gasteiger partial charge on any atom is -0.370 e. The van der Waals surface area contributed by atoms with Gasteiger partial charge in [0.25, 0.3) is 0 Å². The number of thioether (sulfide) groups is 1. The van der Waals surface area contributed by atoms with Gasteiger partial charge < -0.3 is 15.5 Å². The van der Waals surface area contributed by atoms with E-state index in [1.807, 2.05) is 11.8 Å². The molecular formula is C16H27N3S. The van der Waals surface area contributed by atoms with Crippen LogP contribution >= 0.6 is 11.8 Å². The molecule has 4 heteroatoms. The summed E-state index contributed by atoms with van der Waals surface area (Å²) in [6, 6.07) is 7.26. The average Bonchev–Trinajstić information content (AvgIpc) is 2.47. The zero-order valence-corrected chi connectivity index (χ0v) is 13.7. The van der Waals surface area contributed by atoms with E-state index >= 15 is 0 Å². The average molecular weight is 293 g/mol. The van der Waals surface area contributed by atoms with E-state index in [-0.39, 0.29) is 0 Å². The molecule has 0 amide bonds. The Hall–Kier alpha value is -0.710. The Bertz CT molecular complexity index is 434. The van der Waals surface area contributed by atoms with E-state index in [1.165, 1.54) is 29.0 Å². The Morgan fingerprint density at radius 1 is 1.40 bits per heavy atom. The Morgan fingerprint density at radius 3 is 2.85 bits per heavy atom. The zero-order valence-electron chi connectivity index (χ0n) is 12.9. The van der Waals surface area contributed by atoms with E-state index in [1.54, 1.807) is 0 Å². The first kappa shape index (κ1) is 15.7. The number of nitrogens with zero attached hydrogens (tertiary/aromatic N) is 2. The number of hydrogen-bond acceptors (Lipinski definition) is 4. The molecule has 2 rings (SSSR count). The molecule has 2 N–H and O–H groups in total. The molecule has 1 unspecified atom stereocenters. The first-order chi connectivity index (χ1) is 9.67. The Kier molecular flexibility index (Phi) is 5.75. The van der Waals surface area contributed by atoms with Crippen molar-refractivity contribution in [3.63, 3.8) is 0 Å². The van der Waals surface area contributed by atoms with Crippen LogP contribution in [0.3, 0.4) is 0 Å². The third kappa shape index (κ3) is 3.48. The Labute approximate surface area is 127 Å². The topological polar surface area (TPSA) is 32.5 Å². The van der Waals surface area contributed by atoms with Crippen LogP contribution in [0.2, 0.25) is 0 Å². The molecule has 1 aromatic rings. The molecular weight excluding hydrogens is 266 g/mol. The summed E-state index contributed by atoms with van der Waals surface area (Å²) in [6.45, 7) is 5.08. The molecule has 20 heavy (non-hydrogen) atoms. The third-order valence-corrected chi connectivity index (χ3v) is 5.06. The molecule has 0 saturated carbocycles. The summed E-state index contributed by atoms with van der Waals surface area (Å²) >= 11 is 1.89. The van der Waals surface area contributed by atoms with E-state index in [2.05, 4.69) is 49.0 Å². The van der Waals surface area contributed by atoms with E-state index in [4.69, 9.17) is 5.73 Å². The second-order valence-corrected chi connectivity index (χ2v) is 6.90. The fraction of sp³-hybridized carbons (Fsp3) is 0.625. The summed E-state index contributed by atoms with van der Waals surface area (Å²) in [4.78, 5) is 6.22. The SMILES string of the molecule is CCSc1cccc(N2CCCC(N(C)C)C2)c1CN. The standard InChI is InChI=1S/C16H27N3S/c1-4-20-16-9-5-8-15(14(16)11-17)19-10-6-7-13(12-19)18(2)3/h5,8-9,13H,4,6-7,10-12,17H2,1-3H3. The van der Waals surface area contributed by atoms with Gasteiger partial charge in [-0.3, -0.25) is 0 Å². The molecule has 0 radical (unpaired) electrons. The minimum absolute atomic E-state index is 0.627. The predicted molar refractivity (Wildman–Crippen MR) is 89.7 cm³/mol. The first-order valence-corrected chi connectivity index (χ1v) is 8.52. The van der Waals surface area contributed by atoms with Gasteiger partial charge >= 0.3 is 0 Å². The number of rotatable bonds is 5. The molecule has 0 bridgehead atoms. The van der Waals surface area contributed by atoms with Crippen LogP contribution in [0.4, 0.5) is 5.69 Å². The van der Waals surface area contributed by atoms with E-state index < -0.39 is 0 Å². The van der Waals surface area contributed by atoms with Gasteiger partial charge in [0.1, 0.15) is 0 Å². The lowest BCUT2D eigenvalue weighted by atomic mass is 10.0. The van der Waals surface area contributed by atoms with Gasteiger partial charge in [-0.2, -0.15) is 0 Å². The fourth-order valence-corrected chi connectivity index (χ4v) is 3.79. The highest BCUT2D eigenvalue weighted by atomic mass is 32.2. The van der Waals surface area contributed by atoms with Gasteiger partial charge in [-0.1, -0.05) is 13.0 Å². The molecule has 1 aromatic carbocycles. The number of hydrogen-bond donors (Lipinski definition) is 1. The summed E-state index contributed by atoms with van der Waals surface area (Å²) in [6.07, 6.45) is 2.56. The third-order valence-electron chi connectivity index (χ3n) is 4.08. The molecule has 0 spiro atoms. The maximum Gasteiger partial charge on any atom is 0.0423 e. The van der Waals surface area contributed by atoms with Gasteiger partial charge in [-0.05, 0) is 44.8 Å². The van der Waals surface area contributed by atoms with Gasteiger partial charge in [-0.25, -0.2) is 0 Å². The Morgan fingerprint density at radius 2 is 2.20 bits per heavy atom. The summed E-state index contributed by atoms with van der Waals surface area (Å²) < 4.78 is 0. The number of piperidine rings is 1. The van der Waals surface area contributed by atoms with Crippen LogP contribution in [-0.2, 0) is 6.54 Å². The molecule has 1 atom stereocenters. The quantitative estimate of drug-likeness (QED) is 0.846. The van der Waals surface area contributed by atoms with Crippen molar-refractivity contribution in [3.8, 4) is 0 Å². The maximum atomic E-state index is 6.03. The van der Waals surface area contributed by atoms with Crippen molar-refractivity contribution in [1.29, 1.82) is 0 Å². The van der Waals surface area contributed by atoms with E-state index in [0.717, 1.165) is 18.8 Å². The van der Waals surface area contributed by atoms with Crippen molar-refractivity contribution in [2.75, 3.05) is 37.8 Å². The van der Waals surface area contributed by atoms with E-state index in [9.17, 15) is 0 Å². The first-order valence-electron chi connectivity index (χ1n) is 7.53. The van der Waals surface area contributed by atoms with Crippen LogP contribution in [0.5, 0.6) is 0 Å². The summed E-state index contributed by atoms with van der Waals surface area (Å²) in [5.41, 5.74) is 8.70. The molecule has 1 heterocycles. The number of anilines is 1. The van der Waals surface area contributed by atoms with Crippen LogP contribution in [0.25, 0.3) is 0 Å². The molecule has 0 aliphatic carbocycles. The van der Waals surface area contributed by atoms with Crippen LogP contribution < -0.4 is 10.6 Å². The van der Waals surface area contributed by atoms with Crippen molar-refractivity contribution in [2.24, 2.45) is 5.73 Å². The maximum absolute atomic E-state index is 6.03. The van der Waals surface area contributed by atoms with Crippen molar-refractivity contribution >= 4 is 17.4 Å². The van der Waals surface area contributed by atoms with Gasteiger partial charge in [0.2, 0.25) is 0 Å². The van der Waals surface area contributed by atoms with Crippen LogP contribution in [0.1, 0.15) is 25.3 Å². The minimum atomic E-state index is 0.627. The smallest absolute Gasteiger partial charge is 0.0423 e. The molecule has 3 nitrogen and oxygen atoms in total. The number of benzene rings is 1. The van der Waals surface area contributed by atoms with Crippen molar-refractivity contribution in [2.45, 2.75) is 37.2 Å². The van der Waals surface area contributed by atoms with E-state index in [0.29, 0.717) is 12.6 Å². The lowest BCUT2D eigenvalue weighted by Gasteiger charge is -2.38. The predicted octanol–water partition coefficient (Wildman–Crippen LogP) is 2.79. The highest BCUT2D eigenvalue weighted by molar-refractivity contribution is 7.99. The summed E-state index contributed by atoms with van der Waals surface area (Å²) in [5.74, 6) is 1.09. The van der Waals surface area contributed by atoms with Crippen molar-refractivity contribution in [1.82, 2.24) is 4.90 Å². The molecule has 112 valence electrons.